The predicted octanol–water partition coefficient (Wildman–Crippen LogP) is 0.667. The highest BCUT2D eigenvalue weighted by Gasteiger charge is 2.52. The van der Waals surface area contributed by atoms with Crippen LogP contribution in [0.5, 0.6) is 0 Å². The number of halogens is 1. The predicted molar refractivity (Wildman–Crippen MR) is 83.6 cm³/mol. The summed E-state index contributed by atoms with van der Waals surface area (Å²) >= 11 is 0. The molecule has 1 unspecified atom stereocenters. The third kappa shape index (κ3) is 3.71. The Hall–Kier alpha value is -1.50. The smallest absolute Gasteiger partial charge is 0.230 e. The van der Waals surface area contributed by atoms with Gasteiger partial charge in [-0.1, -0.05) is 18.2 Å². The molecule has 1 amide bonds. The summed E-state index contributed by atoms with van der Waals surface area (Å²) in [4.78, 5) is 14.6. The van der Waals surface area contributed by atoms with E-state index in [1.807, 2.05) is 0 Å². The number of carbonyl (C=O) groups excluding carboxylic acids is 1. The molecule has 0 bridgehead atoms. The van der Waals surface area contributed by atoms with Crippen molar-refractivity contribution in [2.24, 2.45) is 0 Å². The van der Waals surface area contributed by atoms with Crippen molar-refractivity contribution in [1.29, 1.82) is 0 Å². The molecule has 6 heteroatoms. The Kier molecular flexibility index (Phi) is 4.94. The lowest BCUT2D eigenvalue weighted by Gasteiger charge is -2.28. The Morgan fingerprint density at radius 3 is 2.70 bits per heavy atom. The number of rotatable bonds is 6. The van der Waals surface area contributed by atoms with Crippen molar-refractivity contribution >= 4 is 5.91 Å². The lowest BCUT2D eigenvalue weighted by atomic mass is 9.94. The number of aliphatic hydroxyl groups excluding tert-OH is 1. The quantitative estimate of drug-likeness (QED) is 0.808. The summed E-state index contributed by atoms with van der Waals surface area (Å²) < 4.78 is 19.2. The normalized spacial score (nSPS) is 21.7. The first-order valence-corrected chi connectivity index (χ1v) is 8.13. The first-order valence-electron chi connectivity index (χ1n) is 8.13. The monoisotopic (exact) mass is 322 g/mol. The van der Waals surface area contributed by atoms with Crippen LogP contribution in [0.2, 0.25) is 0 Å². The van der Waals surface area contributed by atoms with Crippen LogP contribution in [0.1, 0.15) is 18.4 Å². The molecule has 0 spiro atoms. The van der Waals surface area contributed by atoms with Crippen LogP contribution in [0.25, 0.3) is 0 Å². The van der Waals surface area contributed by atoms with Gasteiger partial charge in [0.15, 0.2) is 0 Å². The summed E-state index contributed by atoms with van der Waals surface area (Å²) in [6.45, 7) is 3.64. The summed E-state index contributed by atoms with van der Waals surface area (Å²) in [5, 5.41) is 12.9. The zero-order chi connectivity index (χ0) is 16.3. The van der Waals surface area contributed by atoms with Crippen LogP contribution < -0.4 is 5.32 Å². The molecule has 3 rings (SSSR count). The van der Waals surface area contributed by atoms with Crippen molar-refractivity contribution in [2.45, 2.75) is 24.4 Å². The average molecular weight is 322 g/mol. The summed E-state index contributed by atoms with van der Waals surface area (Å²) in [6.07, 6.45) is 0.673. The molecule has 1 saturated heterocycles. The summed E-state index contributed by atoms with van der Waals surface area (Å²) in [5.74, 6) is -0.530. The minimum absolute atomic E-state index is 0.187. The molecule has 1 atom stereocenters. The Morgan fingerprint density at radius 2 is 2.04 bits per heavy atom. The van der Waals surface area contributed by atoms with Gasteiger partial charge in [-0.15, -0.1) is 0 Å². The summed E-state index contributed by atoms with van der Waals surface area (Å²) in [6, 6.07) is 6.43. The van der Waals surface area contributed by atoms with Gasteiger partial charge in [0.2, 0.25) is 5.91 Å². The van der Waals surface area contributed by atoms with Crippen molar-refractivity contribution < 1.29 is 19.0 Å². The molecule has 0 radical (unpaired) electrons. The number of hydrogen-bond acceptors (Lipinski definition) is 4. The van der Waals surface area contributed by atoms with Gasteiger partial charge >= 0.3 is 0 Å². The number of nitrogens with zero attached hydrogens (tertiary/aromatic N) is 1. The van der Waals surface area contributed by atoms with E-state index in [1.165, 1.54) is 6.07 Å². The maximum absolute atomic E-state index is 13.9. The summed E-state index contributed by atoms with van der Waals surface area (Å²) in [5.41, 5.74) is -0.288. The van der Waals surface area contributed by atoms with E-state index in [-0.39, 0.29) is 18.3 Å². The molecule has 5 nitrogen and oxygen atoms in total. The number of morpholine rings is 1. The largest absolute Gasteiger partial charge is 0.390 e. The Bertz CT molecular complexity index is 557. The van der Waals surface area contributed by atoms with Crippen LogP contribution in [0.15, 0.2) is 24.3 Å². The summed E-state index contributed by atoms with van der Waals surface area (Å²) in [7, 11) is 0. The zero-order valence-electron chi connectivity index (χ0n) is 13.1. The molecular weight excluding hydrogens is 299 g/mol. The first kappa shape index (κ1) is 16.4. The first-order chi connectivity index (χ1) is 11.1. The standard InChI is InChI=1S/C17H23FN2O3/c18-15-4-2-1-3-14(15)17(5-6-17)16(22)19-11-13(21)12-20-7-9-23-10-8-20/h1-4,13,21H,5-12H2,(H,19,22). The van der Waals surface area contributed by atoms with Gasteiger partial charge in [0.25, 0.3) is 0 Å². The third-order valence-electron chi connectivity index (χ3n) is 4.64. The van der Waals surface area contributed by atoms with Gasteiger partial charge in [-0.2, -0.15) is 0 Å². The molecule has 1 aromatic carbocycles. The van der Waals surface area contributed by atoms with Crippen LogP contribution >= 0.6 is 0 Å². The number of β-amino-alcohol motifs (C(OH)–C–C–N with tert-alkyl or cyclic N) is 1. The van der Waals surface area contributed by atoms with E-state index in [0.29, 0.717) is 38.2 Å². The zero-order valence-corrected chi connectivity index (χ0v) is 13.1. The molecular formula is C17H23FN2O3. The van der Waals surface area contributed by atoms with Gasteiger partial charge in [0, 0.05) is 31.7 Å². The average Bonchev–Trinajstić information content (AvgIpc) is 3.36. The number of ether oxygens (including phenoxy) is 1. The van der Waals surface area contributed by atoms with Gasteiger partial charge in [-0.05, 0) is 18.9 Å². The fraction of sp³-hybridized carbons (Fsp3) is 0.588. The van der Waals surface area contributed by atoms with Crippen LogP contribution in [-0.2, 0) is 14.9 Å². The number of amides is 1. The van der Waals surface area contributed by atoms with Crippen LogP contribution in [0.4, 0.5) is 4.39 Å². The van der Waals surface area contributed by atoms with Crippen molar-refractivity contribution in [3.8, 4) is 0 Å². The highest BCUT2D eigenvalue weighted by atomic mass is 19.1. The number of benzene rings is 1. The van der Waals surface area contributed by atoms with E-state index in [1.54, 1.807) is 18.2 Å². The van der Waals surface area contributed by atoms with E-state index in [2.05, 4.69) is 10.2 Å². The minimum Gasteiger partial charge on any atom is -0.390 e. The second kappa shape index (κ2) is 6.95. The number of hydrogen-bond donors (Lipinski definition) is 2. The van der Waals surface area contributed by atoms with Crippen molar-refractivity contribution in [3.05, 3.63) is 35.6 Å². The second-order valence-electron chi connectivity index (χ2n) is 6.34. The number of carbonyl (C=O) groups is 1. The van der Waals surface area contributed by atoms with Gasteiger partial charge in [0.1, 0.15) is 5.82 Å². The van der Waals surface area contributed by atoms with E-state index in [0.717, 1.165) is 13.1 Å². The van der Waals surface area contributed by atoms with Crippen LogP contribution in [-0.4, -0.2) is 61.4 Å². The van der Waals surface area contributed by atoms with Gasteiger partial charge in [0.05, 0.1) is 24.7 Å². The van der Waals surface area contributed by atoms with Crippen molar-refractivity contribution in [2.75, 3.05) is 39.4 Å². The SMILES string of the molecule is O=C(NCC(O)CN1CCOCC1)C1(c2ccccc2F)CC1. The lowest BCUT2D eigenvalue weighted by Crippen LogP contribution is -2.46. The minimum atomic E-state index is -0.746. The molecule has 2 aliphatic rings. The molecule has 126 valence electrons. The molecule has 0 aromatic heterocycles. The molecule has 1 aliphatic heterocycles. The van der Waals surface area contributed by atoms with Gasteiger partial charge in [-0.25, -0.2) is 4.39 Å². The fourth-order valence-electron chi connectivity index (χ4n) is 3.12. The Morgan fingerprint density at radius 1 is 1.35 bits per heavy atom. The van der Waals surface area contributed by atoms with Crippen molar-refractivity contribution in [3.63, 3.8) is 0 Å². The molecule has 23 heavy (non-hydrogen) atoms. The molecule has 2 N–H and O–H groups in total. The topological polar surface area (TPSA) is 61.8 Å². The van der Waals surface area contributed by atoms with Crippen LogP contribution in [0, 0.1) is 5.82 Å². The van der Waals surface area contributed by atoms with E-state index in [4.69, 9.17) is 4.74 Å². The van der Waals surface area contributed by atoms with E-state index >= 15 is 0 Å². The molecule has 1 heterocycles. The van der Waals surface area contributed by atoms with E-state index < -0.39 is 11.5 Å². The Labute approximate surface area is 135 Å². The maximum Gasteiger partial charge on any atom is 0.230 e. The molecule has 2 fully saturated rings. The fourth-order valence-corrected chi connectivity index (χ4v) is 3.12. The number of aliphatic hydroxyl groups is 1. The van der Waals surface area contributed by atoms with Crippen molar-refractivity contribution in [1.82, 2.24) is 10.2 Å². The van der Waals surface area contributed by atoms with E-state index in [9.17, 15) is 14.3 Å². The van der Waals surface area contributed by atoms with Crippen LogP contribution in [0.3, 0.4) is 0 Å². The molecule has 1 saturated carbocycles. The lowest BCUT2D eigenvalue weighted by molar-refractivity contribution is -0.124. The highest BCUT2D eigenvalue weighted by molar-refractivity contribution is 5.91. The number of nitrogens with one attached hydrogen (secondary N) is 1. The second-order valence-corrected chi connectivity index (χ2v) is 6.34. The molecule has 1 aromatic rings. The van der Waals surface area contributed by atoms with Gasteiger partial charge < -0.3 is 15.2 Å². The van der Waals surface area contributed by atoms with Gasteiger partial charge in [-0.3, -0.25) is 9.69 Å². The third-order valence-corrected chi connectivity index (χ3v) is 4.64. The highest BCUT2D eigenvalue weighted by Crippen LogP contribution is 2.49. The maximum atomic E-state index is 13.9. The Balaban J connectivity index is 1.52. The molecule has 1 aliphatic carbocycles.